The van der Waals surface area contributed by atoms with E-state index in [-0.39, 0.29) is 12.1 Å². The van der Waals surface area contributed by atoms with Crippen LogP contribution in [0, 0.1) is 0 Å². The minimum absolute atomic E-state index is 0.287. The van der Waals surface area contributed by atoms with Crippen molar-refractivity contribution in [1.82, 2.24) is 9.55 Å². The first-order chi connectivity index (χ1) is 12.6. The molecule has 1 N–H and O–H groups in total. The van der Waals surface area contributed by atoms with E-state index in [1.807, 2.05) is 24.3 Å². The average Bonchev–Trinajstić information content (AvgIpc) is 2.64. The maximum atomic E-state index is 12.5. The molecule has 26 heavy (non-hydrogen) atoms. The Balaban J connectivity index is 1.58. The Morgan fingerprint density at radius 1 is 1.12 bits per heavy atom. The van der Waals surface area contributed by atoms with Gasteiger partial charge in [0.1, 0.15) is 5.75 Å². The molecular weight excluding hydrogens is 356 g/mol. The van der Waals surface area contributed by atoms with E-state index >= 15 is 0 Å². The minimum atomic E-state index is -0.445. The Kier molecular flexibility index (Phi) is 5.75. The fourth-order valence-corrected chi connectivity index (χ4v) is 2.84. The van der Waals surface area contributed by atoms with Crippen LogP contribution >= 0.6 is 11.6 Å². The smallest absolute Gasteiger partial charge is 0.328 e. The van der Waals surface area contributed by atoms with Crippen molar-refractivity contribution in [3.8, 4) is 5.75 Å². The lowest BCUT2D eigenvalue weighted by atomic mass is 10.2. The molecule has 0 aliphatic carbocycles. The molecule has 0 atom stereocenters. The molecule has 0 aliphatic heterocycles. The Morgan fingerprint density at radius 2 is 1.88 bits per heavy atom. The molecule has 1 aromatic heterocycles. The lowest BCUT2D eigenvalue weighted by Crippen LogP contribution is -2.35. The number of ether oxygens (including phenoxy) is 2. The zero-order valence-electron chi connectivity index (χ0n) is 14.3. The average molecular weight is 375 g/mol. The molecule has 3 aromatic rings. The summed E-state index contributed by atoms with van der Waals surface area (Å²) in [6.07, 6.45) is 0.554. The van der Waals surface area contributed by atoms with Crippen LogP contribution in [0.3, 0.4) is 0 Å². The van der Waals surface area contributed by atoms with Gasteiger partial charge in [0.2, 0.25) is 0 Å². The summed E-state index contributed by atoms with van der Waals surface area (Å²) < 4.78 is 11.9. The number of fused-ring (bicyclic) bond motifs is 1. The van der Waals surface area contributed by atoms with Crippen molar-refractivity contribution >= 4 is 22.5 Å². The Morgan fingerprint density at radius 3 is 2.62 bits per heavy atom. The van der Waals surface area contributed by atoms with Crippen LogP contribution in [0.2, 0.25) is 5.02 Å². The van der Waals surface area contributed by atoms with Gasteiger partial charge >= 0.3 is 5.69 Å². The molecule has 2 aromatic carbocycles. The van der Waals surface area contributed by atoms with E-state index in [1.165, 1.54) is 4.57 Å². The second-order valence-corrected chi connectivity index (χ2v) is 6.27. The maximum absolute atomic E-state index is 12.5. The number of halogens is 1. The summed E-state index contributed by atoms with van der Waals surface area (Å²) >= 11 is 5.89. The molecule has 0 radical (unpaired) electrons. The quantitative estimate of drug-likeness (QED) is 0.645. The second kappa shape index (κ2) is 8.21. The second-order valence-electron chi connectivity index (χ2n) is 5.83. The van der Waals surface area contributed by atoms with E-state index in [0.717, 1.165) is 11.3 Å². The van der Waals surface area contributed by atoms with Crippen LogP contribution in [-0.2, 0) is 17.9 Å². The summed E-state index contributed by atoms with van der Waals surface area (Å²) in [7, 11) is 1.62. The van der Waals surface area contributed by atoms with Gasteiger partial charge < -0.3 is 14.5 Å². The van der Waals surface area contributed by atoms with Crippen molar-refractivity contribution < 1.29 is 9.47 Å². The third kappa shape index (κ3) is 4.15. The largest absolute Gasteiger partial charge is 0.497 e. The molecule has 6 nitrogen and oxygen atoms in total. The highest BCUT2D eigenvalue weighted by molar-refractivity contribution is 6.31. The monoisotopic (exact) mass is 374 g/mol. The molecule has 0 amide bonds. The van der Waals surface area contributed by atoms with Gasteiger partial charge in [-0.25, -0.2) is 4.79 Å². The van der Waals surface area contributed by atoms with Gasteiger partial charge in [-0.1, -0.05) is 23.7 Å². The highest BCUT2D eigenvalue weighted by Crippen LogP contribution is 2.14. The Hall–Kier alpha value is -2.57. The van der Waals surface area contributed by atoms with Crippen molar-refractivity contribution in [2.24, 2.45) is 0 Å². The SMILES string of the molecule is COc1ccc(COCCCn2c(=O)[nH]c3cc(Cl)ccc3c2=O)cc1. The first kappa shape index (κ1) is 18.2. The predicted molar refractivity (Wildman–Crippen MR) is 101 cm³/mol. The number of H-pyrrole nitrogens is 1. The number of hydrogen-bond donors (Lipinski definition) is 1. The summed E-state index contributed by atoms with van der Waals surface area (Å²) in [4.78, 5) is 27.3. The summed E-state index contributed by atoms with van der Waals surface area (Å²) in [5.41, 5.74) is 0.707. The molecule has 1 heterocycles. The fourth-order valence-electron chi connectivity index (χ4n) is 2.67. The lowest BCUT2D eigenvalue weighted by molar-refractivity contribution is 0.115. The van der Waals surface area contributed by atoms with Crippen LogP contribution in [0.25, 0.3) is 10.9 Å². The lowest BCUT2D eigenvalue weighted by Gasteiger charge is -2.08. The number of rotatable bonds is 7. The Labute approximate surface area is 154 Å². The van der Waals surface area contributed by atoms with Gasteiger partial charge in [0.05, 0.1) is 24.6 Å². The van der Waals surface area contributed by atoms with Gasteiger partial charge in [-0.2, -0.15) is 0 Å². The summed E-state index contributed by atoms with van der Waals surface area (Å²) in [6, 6.07) is 12.4. The molecule has 0 saturated carbocycles. The molecule has 136 valence electrons. The topological polar surface area (TPSA) is 73.3 Å². The number of benzene rings is 2. The van der Waals surface area contributed by atoms with E-state index in [9.17, 15) is 9.59 Å². The zero-order chi connectivity index (χ0) is 18.5. The first-order valence-electron chi connectivity index (χ1n) is 8.21. The van der Waals surface area contributed by atoms with E-state index in [0.29, 0.717) is 35.6 Å². The number of hydrogen-bond acceptors (Lipinski definition) is 4. The molecule has 0 unspecified atom stereocenters. The summed E-state index contributed by atoms with van der Waals surface area (Å²) in [5, 5.41) is 0.908. The van der Waals surface area contributed by atoms with Crippen LogP contribution in [0.5, 0.6) is 5.75 Å². The third-order valence-corrected chi connectivity index (χ3v) is 4.28. The van der Waals surface area contributed by atoms with Crippen LogP contribution in [0.4, 0.5) is 0 Å². The minimum Gasteiger partial charge on any atom is -0.497 e. The molecule has 0 aliphatic rings. The summed E-state index contributed by atoms with van der Waals surface area (Å²) in [6.45, 7) is 1.19. The van der Waals surface area contributed by atoms with Crippen LogP contribution in [0.1, 0.15) is 12.0 Å². The highest BCUT2D eigenvalue weighted by Gasteiger charge is 2.07. The fraction of sp³-hybridized carbons (Fsp3) is 0.263. The molecule has 0 spiro atoms. The van der Waals surface area contributed by atoms with E-state index in [1.54, 1.807) is 25.3 Å². The van der Waals surface area contributed by atoms with Gasteiger partial charge in [-0.15, -0.1) is 0 Å². The Bertz CT molecular complexity index is 1010. The number of methoxy groups -OCH3 is 1. The standard InChI is InChI=1S/C19H19ClN2O4/c1-25-15-6-3-13(4-7-15)12-26-10-2-9-22-18(23)16-8-5-14(20)11-17(16)21-19(22)24/h3-8,11H,2,9-10,12H2,1H3,(H,21,24). The molecule has 0 saturated heterocycles. The highest BCUT2D eigenvalue weighted by atomic mass is 35.5. The first-order valence-corrected chi connectivity index (χ1v) is 8.59. The maximum Gasteiger partial charge on any atom is 0.328 e. The van der Waals surface area contributed by atoms with Crippen molar-refractivity contribution in [1.29, 1.82) is 0 Å². The normalized spacial score (nSPS) is 11.0. The zero-order valence-corrected chi connectivity index (χ0v) is 15.1. The third-order valence-electron chi connectivity index (χ3n) is 4.04. The number of nitrogens with one attached hydrogen (secondary N) is 1. The van der Waals surface area contributed by atoms with Crippen LogP contribution < -0.4 is 16.0 Å². The van der Waals surface area contributed by atoms with Crippen LogP contribution in [-0.4, -0.2) is 23.3 Å². The number of aromatic nitrogens is 2. The number of nitrogens with zero attached hydrogens (tertiary/aromatic N) is 1. The molecular formula is C19H19ClN2O4. The van der Waals surface area contributed by atoms with Crippen molar-refractivity contribution in [3.05, 3.63) is 73.9 Å². The summed E-state index contributed by atoms with van der Waals surface area (Å²) in [5.74, 6) is 0.796. The van der Waals surface area contributed by atoms with E-state index < -0.39 is 5.69 Å². The van der Waals surface area contributed by atoms with Crippen molar-refractivity contribution in [2.45, 2.75) is 19.6 Å². The van der Waals surface area contributed by atoms with E-state index in [2.05, 4.69) is 4.98 Å². The van der Waals surface area contributed by atoms with E-state index in [4.69, 9.17) is 21.1 Å². The molecule has 0 fully saturated rings. The van der Waals surface area contributed by atoms with Gasteiger partial charge in [0, 0.05) is 18.2 Å². The van der Waals surface area contributed by atoms with Gasteiger partial charge in [-0.3, -0.25) is 9.36 Å². The van der Waals surface area contributed by atoms with Gasteiger partial charge in [0.25, 0.3) is 5.56 Å². The van der Waals surface area contributed by atoms with Crippen molar-refractivity contribution in [2.75, 3.05) is 13.7 Å². The van der Waals surface area contributed by atoms with Gasteiger partial charge in [0.15, 0.2) is 0 Å². The molecule has 3 rings (SSSR count). The number of aromatic amines is 1. The van der Waals surface area contributed by atoms with Crippen LogP contribution in [0.15, 0.2) is 52.1 Å². The molecule has 7 heteroatoms. The van der Waals surface area contributed by atoms with Crippen molar-refractivity contribution in [3.63, 3.8) is 0 Å². The predicted octanol–water partition coefficient (Wildman–Crippen LogP) is 2.96. The molecule has 0 bridgehead atoms. The van der Waals surface area contributed by atoms with Gasteiger partial charge in [-0.05, 0) is 42.3 Å².